The second kappa shape index (κ2) is 7.26. The fraction of sp³-hybridized carbons (Fsp3) is 0.0588. The maximum absolute atomic E-state index is 11.3. The number of nitrogens with zero attached hydrogens (tertiary/aromatic N) is 5. The molecular weight excluding hydrogens is 446 g/mol. The van der Waals surface area contributed by atoms with E-state index in [-0.39, 0.29) is 4.90 Å². The standard InChI is InChI=1S/C17H14BrN7O2S/c18-12-3-6-15-14(7-12)16(25-10-20-9-22-25)24-17(23-15)21-8-11-1-4-13(5-2-11)28(19,26)27/h1-7,9-10H,8H2,(H2,19,26,27)(H,21,23,24). The molecule has 0 radical (unpaired) electrons. The molecule has 0 atom stereocenters. The van der Waals surface area contributed by atoms with Gasteiger partial charge in [-0.25, -0.2) is 28.2 Å². The fourth-order valence-corrected chi connectivity index (χ4v) is 3.51. The number of nitrogens with two attached hydrogens (primary N) is 1. The molecule has 4 aromatic rings. The molecule has 0 amide bonds. The van der Waals surface area contributed by atoms with Crippen LogP contribution in [0.1, 0.15) is 5.56 Å². The number of primary sulfonamides is 1. The van der Waals surface area contributed by atoms with E-state index in [0.717, 1.165) is 20.9 Å². The van der Waals surface area contributed by atoms with E-state index in [0.29, 0.717) is 18.3 Å². The van der Waals surface area contributed by atoms with Crippen molar-refractivity contribution in [3.8, 4) is 5.82 Å². The Kier molecular flexibility index (Phi) is 4.79. The molecule has 0 aliphatic carbocycles. The first-order valence-electron chi connectivity index (χ1n) is 8.08. The highest BCUT2D eigenvalue weighted by molar-refractivity contribution is 9.10. The smallest absolute Gasteiger partial charge is 0.238 e. The van der Waals surface area contributed by atoms with Gasteiger partial charge in [-0.3, -0.25) is 0 Å². The Labute approximate surface area is 168 Å². The molecule has 0 saturated carbocycles. The summed E-state index contributed by atoms with van der Waals surface area (Å²) < 4.78 is 25.2. The molecule has 0 spiro atoms. The zero-order valence-corrected chi connectivity index (χ0v) is 16.7. The zero-order valence-electron chi connectivity index (χ0n) is 14.3. The van der Waals surface area contributed by atoms with Crippen molar-refractivity contribution in [3.63, 3.8) is 0 Å². The molecule has 4 rings (SSSR count). The normalized spacial score (nSPS) is 11.6. The summed E-state index contributed by atoms with van der Waals surface area (Å²) in [4.78, 5) is 13.1. The van der Waals surface area contributed by atoms with Crippen LogP contribution in [0.3, 0.4) is 0 Å². The minimum Gasteiger partial charge on any atom is -0.350 e. The molecule has 11 heteroatoms. The summed E-state index contributed by atoms with van der Waals surface area (Å²) >= 11 is 3.46. The Hall–Kier alpha value is -2.89. The summed E-state index contributed by atoms with van der Waals surface area (Å²) in [6, 6.07) is 12.0. The van der Waals surface area contributed by atoms with Crippen LogP contribution in [0.2, 0.25) is 0 Å². The van der Waals surface area contributed by atoms with Crippen molar-refractivity contribution < 1.29 is 8.42 Å². The van der Waals surface area contributed by atoms with Crippen LogP contribution >= 0.6 is 15.9 Å². The van der Waals surface area contributed by atoms with Crippen molar-refractivity contribution in [2.24, 2.45) is 5.14 Å². The summed E-state index contributed by atoms with van der Waals surface area (Å²) in [6.45, 7) is 0.406. The van der Waals surface area contributed by atoms with Crippen LogP contribution in [0.15, 0.2) is 64.5 Å². The van der Waals surface area contributed by atoms with E-state index in [1.807, 2.05) is 18.2 Å². The number of halogens is 1. The third-order valence-electron chi connectivity index (χ3n) is 3.98. The van der Waals surface area contributed by atoms with E-state index in [1.54, 1.807) is 23.1 Å². The summed E-state index contributed by atoms with van der Waals surface area (Å²) in [7, 11) is -3.71. The first-order valence-corrected chi connectivity index (χ1v) is 10.4. The first kappa shape index (κ1) is 18.5. The second-order valence-corrected chi connectivity index (χ2v) is 8.39. The predicted octanol–water partition coefficient (Wildman–Crippen LogP) is 2.23. The molecule has 0 aliphatic heterocycles. The highest BCUT2D eigenvalue weighted by Gasteiger charge is 2.11. The number of hydrogen-bond acceptors (Lipinski definition) is 7. The quantitative estimate of drug-likeness (QED) is 0.467. The lowest BCUT2D eigenvalue weighted by molar-refractivity contribution is 0.598. The third-order valence-corrected chi connectivity index (χ3v) is 5.40. The molecule has 142 valence electrons. The van der Waals surface area contributed by atoms with Gasteiger partial charge in [-0.15, -0.1) is 0 Å². The van der Waals surface area contributed by atoms with Gasteiger partial charge in [0.2, 0.25) is 16.0 Å². The lowest BCUT2D eigenvalue weighted by Gasteiger charge is -2.10. The molecule has 9 nitrogen and oxygen atoms in total. The van der Waals surface area contributed by atoms with Crippen molar-refractivity contribution in [3.05, 3.63) is 65.2 Å². The van der Waals surface area contributed by atoms with E-state index in [4.69, 9.17) is 5.14 Å². The number of nitrogens with one attached hydrogen (secondary N) is 1. The van der Waals surface area contributed by atoms with E-state index in [2.05, 4.69) is 41.3 Å². The van der Waals surface area contributed by atoms with Gasteiger partial charge in [0, 0.05) is 16.4 Å². The minimum absolute atomic E-state index is 0.0669. The van der Waals surface area contributed by atoms with Gasteiger partial charge >= 0.3 is 0 Å². The van der Waals surface area contributed by atoms with Crippen LogP contribution in [-0.2, 0) is 16.6 Å². The van der Waals surface area contributed by atoms with E-state index >= 15 is 0 Å². The maximum atomic E-state index is 11.3. The minimum atomic E-state index is -3.71. The number of fused-ring (bicyclic) bond motifs is 1. The van der Waals surface area contributed by atoms with Crippen molar-refractivity contribution in [2.75, 3.05) is 5.32 Å². The summed E-state index contributed by atoms with van der Waals surface area (Å²) in [5.41, 5.74) is 1.60. The number of benzene rings is 2. The average molecular weight is 460 g/mol. The molecule has 2 heterocycles. The van der Waals surface area contributed by atoms with Crippen LogP contribution in [0.5, 0.6) is 0 Å². The third kappa shape index (κ3) is 3.86. The first-order chi connectivity index (χ1) is 13.4. The van der Waals surface area contributed by atoms with Gasteiger partial charge in [0.25, 0.3) is 0 Å². The van der Waals surface area contributed by atoms with E-state index in [1.165, 1.54) is 18.5 Å². The van der Waals surface area contributed by atoms with Crippen LogP contribution in [0.25, 0.3) is 16.7 Å². The van der Waals surface area contributed by atoms with Crippen LogP contribution in [-0.4, -0.2) is 33.2 Å². The van der Waals surface area contributed by atoms with E-state index < -0.39 is 10.0 Å². The van der Waals surface area contributed by atoms with Gasteiger partial charge in [-0.2, -0.15) is 10.1 Å². The van der Waals surface area contributed by atoms with Gasteiger partial charge in [-0.05, 0) is 35.9 Å². The van der Waals surface area contributed by atoms with Gasteiger partial charge in [0.15, 0.2) is 5.82 Å². The van der Waals surface area contributed by atoms with Crippen LogP contribution < -0.4 is 10.5 Å². The highest BCUT2D eigenvalue weighted by Crippen LogP contribution is 2.24. The van der Waals surface area contributed by atoms with Crippen molar-refractivity contribution in [1.82, 2.24) is 24.7 Å². The monoisotopic (exact) mass is 459 g/mol. The molecule has 0 saturated heterocycles. The molecule has 28 heavy (non-hydrogen) atoms. The van der Waals surface area contributed by atoms with Gasteiger partial charge in [-0.1, -0.05) is 28.1 Å². The molecule has 0 unspecified atom stereocenters. The zero-order chi connectivity index (χ0) is 19.7. The topological polar surface area (TPSA) is 129 Å². The molecule has 0 fully saturated rings. The highest BCUT2D eigenvalue weighted by atomic mass is 79.9. The largest absolute Gasteiger partial charge is 0.350 e. The molecule has 2 aromatic carbocycles. The van der Waals surface area contributed by atoms with Crippen LogP contribution in [0.4, 0.5) is 5.95 Å². The molecule has 0 bridgehead atoms. The van der Waals surface area contributed by atoms with Crippen molar-refractivity contribution in [1.29, 1.82) is 0 Å². The summed E-state index contributed by atoms with van der Waals surface area (Å²) in [5.74, 6) is 1.01. The van der Waals surface area contributed by atoms with Gasteiger partial charge < -0.3 is 5.32 Å². The SMILES string of the molecule is NS(=O)(=O)c1ccc(CNc2nc(-n3cncn3)c3cc(Br)ccc3n2)cc1. The lowest BCUT2D eigenvalue weighted by atomic mass is 10.2. The van der Waals surface area contributed by atoms with Crippen molar-refractivity contribution >= 4 is 42.8 Å². The Morgan fingerprint density at radius 3 is 2.57 bits per heavy atom. The Balaban J connectivity index is 1.65. The lowest BCUT2D eigenvalue weighted by Crippen LogP contribution is -2.12. The summed E-state index contributed by atoms with van der Waals surface area (Å²) in [5, 5.41) is 13.3. The molecular formula is C17H14BrN7O2S. The number of sulfonamides is 1. The summed E-state index contributed by atoms with van der Waals surface area (Å²) in [6.07, 6.45) is 3.00. The van der Waals surface area contributed by atoms with Gasteiger partial charge in [0.1, 0.15) is 12.7 Å². The number of aromatic nitrogens is 5. The number of rotatable bonds is 5. The second-order valence-electron chi connectivity index (χ2n) is 5.91. The number of anilines is 1. The fourth-order valence-electron chi connectivity index (χ4n) is 2.63. The Morgan fingerprint density at radius 2 is 1.89 bits per heavy atom. The van der Waals surface area contributed by atoms with E-state index in [9.17, 15) is 8.42 Å². The predicted molar refractivity (Wildman–Crippen MR) is 107 cm³/mol. The molecule has 0 aliphatic rings. The Bertz CT molecular complexity index is 1240. The number of hydrogen-bond donors (Lipinski definition) is 2. The maximum Gasteiger partial charge on any atom is 0.238 e. The van der Waals surface area contributed by atoms with Crippen LogP contribution in [0, 0.1) is 0 Å². The Morgan fingerprint density at radius 1 is 1.11 bits per heavy atom. The molecule has 2 aromatic heterocycles. The van der Waals surface area contributed by atoms with Gasteiger partial charge in [0.05, 0.1) is 10.4 Å². The van der Waals surface area contributed by atoms with Crippen molar-refractivity contribution in [2.45, 2.75) is 11.4 Å². The average Bonchev–Trinajstić information content (AvgIpc) is 3.20. The molecule has 3 N–H and O–H groups in total.